The van der Waals surface area contributed by atoms with Crippen LogP contribution in [0.25, 0.3) is 10.9 Å². The molecule has 1 amide bonds. The predicted octanol–water partition coefficient (Wildman–Crippen LogP) is 3.82. The number of carboxylic acids is 1. The van der Waals surface area contributed by atoms with Gasteiger partial charge >= 0.3 is 18.0 Å². The van der Waals surface area contributed by atoms with Crippen LogP contribution in [-0.4, -0.2) is 72.7 Å². The third-order valence-corrected chi connectivity index (χ3v) is 8.59. The van der Waals surface area contributed by atoms with E-state index in [1.54, 1.807) is 16.7 Å². The first-order chi connectivity index (χ1) is 22.0. The maximum Gasteiger partial charge on any atom is 0.414 e. The number of hydrogen-bond acceptors (Lipinski definition) is 9. The van der Waals surface area contributed by atoms with Crippen LogP contribution in [0.4, 0.5) is 25.0 Å². The number of fused-ring (bicyclic) bond motifs is 1. The third kappa shape index (κ3) is 6.34. The smallest absolute Gasteiger partial charge is 0.414 e. The van der Waals surface area contributed by atoms with Crippen LogP contribution in [0.2, 0.25) is 0 Å². The van der Waals surface area contributed by atoms with Gasteiger partial charge in [-0.15, -0.1) is 0 Å². The molecule has 46 heavy (non-hydrogen) atoms. The van der Waals surface area contributed by atoms with E-state index in [1.807, 2.05) is 4.90 Å². The number of nitrogens with two attached hydrogens (primary N) is 1. The molecule has 3 fully saturated rings. The number of esters is 1. The van der Waals surface area contributed by atoms with E-state index in [9.17, 15) is 28.7 Å². The lowest BCUT2D eigenvalue weighted by Crippen LogP contribution is -2.36. The van der Waals surface area contributed by atoms with Gasteiger partial charge in [-0.25, -0.2) is 18.4 Å². The molecule has 0 bridgehead atoms. The van der Waals surface area contributed by atoms with Crippen molar-refractivity contribution in [3.8, 4) is 5.75 Å². The number of nitrogens with zero attached hydrogens (tertiary/aromatic N) is 3. The number of carbonyl (C=O) groups is 3. The molecule has 0 spiro atoms. The number of carboxylic acid groups (broad SMARTS) is 1. The lowest BCUT2D eigenvalue weighted by atomic mass is 9.97. The minimum atomic E-state index is -1.34. The zero-order valence-electron chi connectivity index (χ0n) is 25.1. The fourth-order valence-electron chi connectivity index (χ4n) is 5.86. The Kier molecular flexibility index (Phi) is 8.55. The van der Waals surface area contributed by atoms with Crippen LogP contribution < -0.4 is 25.7 Å². The summed E-state index contributed by atoms with van der Waals surface area (Å²) >= 11 is 0. The van der Waals surface area contributed by atoms with E-state index in [0.717, 1.165) is 18.9 Å². The van der Waals surface area contributed by atoms with Crippen LogP contribution in [0.1, 0.15) is 49.0 Å². The largest absolute Gasteiger partial charge is 0.490 e. The number of rotatable bonds is 10. The van der Waals surface area contributed by atoms with Crippen LogP contribution >= 0.6 is 0 Å². The molecule has 244 valence electrons. The average molecular weight is 641 g/mol. The molecule has 3 aromatic rings. The minimum Gasteiger partial charge on any atom is -0.490 e. The van der Waals surface area contributed by atoms with Crippen molar-refractivity contribution >= 4 is 40.3 Å². The second-order valence-electron chi connectivity index (χ2n) is 12.0. The molecule has 6 rings (SSSR count). The molecule has 1 aromatic heterocycles. The summed E-state index contributed by atoms with van der Waals surface area (Å²) in [5.74, 6) is -3.09. The van der Waals surface area contributed by atoms with Crippen molar-refractivity contribution in [3.05, 3.63) is 63.9 Å². The summed E-state index contributed by atoms with van der Waals surface area (Å²) in [6.07, 6.45) is 2.98. The number of pyridine rings is 1. The van der Waals surface area contributed by atoms with Crippen molar-refractivity contribution in [1.82, 2.24) is 4.57 Å². The number of aromatic nitrogens is 1. The van der Waals surface area contributed by atoms with Crippen molar-refractivity contribution < 1.29 is 42.5 Å². The summed E-state index contributed by atoms with van der Waals surface area (Å²) in [6.45, 7) is 2.65. The zero-order valence-corrected chi connectivity index (χ0v) is 25.1. The quantitative estimate of drug-likeness (QED) is 0.313. The fourth-order valence-corrected chi connectivity index (χ4v) is 5.86. The molecule has 2 aliphatic heterocycles. The van der Waals surface area contributed by atoms with Gasteiger partial charge in [0.15, 0.2) is 17.7 Å². The van der Waals surface area contributed by atoms with Gasteiger partial charge in [0.05, 0.1) is 30.0 Å². The van der Waals surface area contributed by atoms with E-state index >= 15 is 4.39 Å². The number of aromatic carboxylic acids is 1. The number of ether oxygens (including phenoxy) is 3. The molecule has 2 saturated heterocycles. The lowest BCUT2D eigenvalue weighted by molar-refractivity contribution is -0.147. The second-order valence-corrected chi connectivity index (χ2v) is 12.0. The Balaban J connectivity index is 1.06. The summed E-state index contributed by atoms with van der Waals surface area (Å²) in [4.78, 5) is 51.5. The van der Waals surface area contributed by atoms with E-state index < -0.39 is 47.2 Å². The molecule has 3 heterocycles. The van der Waals surface area contributed by atoms with Crippen LogP contribution in [0, 0.1) is 17.6 Å². The molecule has 0 radical (unpaired) electrons. The summed E-state index contributed by atoms with van der Waals surface area (Å²) in [7, 11) is 0. The van der Waals surface area contributed by atoms with Gasteiger partial charge < -0.3 is 34.5 Å². The van der Waals surface area contributed by atoms with Crippen molar-refractivity contribution in [1.29, 1.82) is 0 Å². The van der Waals surface area contributed by atoms with Crippen molar-refractivity contribution in [2.24, 2.45) is 11.7 Å². The topological polar surface area (TPSA) is 154 Å². The summed E-state index contributed by atoms with van der Waals surface area (Å²) in [5.41, 5.74) is 5.52. The van der Waals surface area contributed by atoms with Gasteiger partial charge in [0.2, 0.25) is 5.43 Å². The number of anilines is 2. The van der Waals surface area contributed by atoms with Crippen LogP contribution in [0.5, 0.6) is 5.75 Å². The predicted molar refractivity (Wildman–Crippen MR) is 162 cm³/mol. The first-order valence-electron chi connectivity index (χ1n) is 15.2. The minimum absolute atomic E-state index is 0.0282. The van der Waals surface area contributed by atoms with Gasteiger partial charge in [-0.2, -0.15) is 0 Å². The van der Waals surface area contributed by atoms with Gasteiger partial charge in [-0.3, -0.25) is 14.5 Å². The highest BCUT2D eigenvalue weighted by Crippen LogP contribution is 2.38. The monoisotopic (exact) mass is 640 g/mol. The summed E-state index contributed by atoms with van der Waals surface area (Å²) < 4.78 is 48.1. The van der Waals surface area contributed by atoms with Gasteiger partial charge in [0.1, 0.15) is 24.0 Å². The first-order valence-corrected chi connectivity index (χ1v) is 15.2. The standard InChI is InChI=1S/C32H34F2N4O8/c1-17(35)31(42)45-16-21-13-38(32(43)46-21)20-4-5-28(25(34)10-20)44-15-18-6-8-36(9-7-18)27-12-26-22(11-24(27)33)29(39)23(30(40)41)14-37(26)19-2-3-19/h4-5,10-12,14,17-19,21H,2-3,6-9,13,15-16,35H2,1H3,(H,40,41). The zero-order chi connectivity index (χ0) is 32.7. The van der Waals surface area contributed by atoms with E-state index in [-0.39, 0.29) is 54.1 Å². The maximum atomic E-state index is 15.3. The normalized spacial score (nSPS) is 19.3. The Morgan fingerprint density at radius 3 is 2.46 bits per heavy atom. The van der Waals surface area contributed by atoms with E-state index in [0.29, 0.717) is 37.1 Å². The maximum absolute atomic E-state index is 15.3. The Morgan fingerprint density at radius 1 is 1.07 bits per heavy atom. The van der Waals surface area contributed by atoms with Crippen LogP contribution in [0.3, 0.4) is 0 Å². The Labute approximate surface area is 262 Å². The number of piperidine rings is 1. The third-order valence-electron chi connectivity index (χ3n) is 8.59. The highest BCUT2D eigenvalue weighted by atomic mass is 19.1. The van der Waals surface area contributed by atoms with Gasteiger partial charge in [-0.05, 0) is 62.8 Å². The Morgan fingerprint density at radius 2 is 1.80 bits per heavy atom. The first kappa shape index (κ1) is 31.3. The molecule has 12 nitrogen and oxygen atoms in total. The molecule has 3 aliphatic rings. The van der Waals surface area contributed by atoms with E-state index in [2.05, 4.69) is 0 Å². The molecule has 1 aliphatic carbocycles. The molecule has 3 N–H and O–H groups in total. The number of cyclic esters (lactones) is 1. The highest BCUT2D eigenvalue weighted by molar-refractivity contribution is 5.94. The van der Waals surface area contributed by atoms with E-state index in [4.69, 9.17) is 19.9 Å². The summed E-state index contributed by atoms with van der Waals surface area (Å²) in [5, 5.41) is 9.52. The van der Waals surface area contributed by atoms with Gasteiger partial charge in [0.25, 0.3) is 0 Å². The van der Waals surface area contributed by atoms with E-state index in [1.165, 1.54) is 30.2 Å². The summed E-state index contributed by atoms with van der Waals surface area (Å²) in [6, 6.07) is 6.21. The second kappa shape index (κ2) is 12.6. The number of halogens is 2. The van der Waals surface area contributed by atoms with Gasteiger partial charge in [-0.1, -0.05) is 0 Å². The molecule has 1 saturated carbocycles. The SMILES string of the molecule is CC(N)C(=O)OCC1CN(c2ccc(OCC3CCN(c4cc5c(cc4F)c(=O)c(C(=O)O)cn5C4CC4)CC3)c(F)c2)C(=O)O1. The fraction of sp³-hybridized carbons (Fsp3) is 0.438. The van der Waals surface area contributed by atoms with Crippen molar-refractivity contribution in [2.45, 2.75) is 50.8 Å². The lowest BCUT2D eigenvalue weighted by Gasteiger charge is -2.34. The molecule has 2 aromatic carbocycles. The molecular formula is C32H34F2N4O8. The highest BCUT2D eigenvalue weighted by Gasteiger charge is 2.34. The van der Waals surface area contributed by atoms with Crippen molar-refractivity contribution in [2.75, 3.05) is 42.6 Å². The molecule has 14 heteroatoms. The van der Waals surface area contributed by atoms with Gasteiger partial charge in [0, 0.05) is 36.8 Å². The Hall–Kier alpha value is -4.72. The molecular weight excluding hydrogens is 606 g/mol. The molecule has 2 atom stereocenters. The Bertz CT molecular complexity index is 1750. The molecule has 2 unspecified atom stereocenters. The number of amides is 1. The number of hydrogen-bond donors (Lipinski definition) is 2. The van der Waals surface area contributed by atoms with Crippen LogP contribution in [0.15, 0.2) is 41.3 Å². The number of carbonyl (C=O) groups excluding carboxylic acids is 2. The average Bonchev–Trinajstić information content (AvgIpc) is 3.80. The number of benzene rings is 2. The van der Waals surface area contributed by atoms with Crippen LogP contribution in [-0.2, 0) is 14.3 Å². The van der Waals surface area contributed by atoms with Crippen molar-refractivity contribution in [3.63, 3.8) is 0 Å².